The highest BCUT2D eigenvalue weighted by Crippen LogP contribution is 2.31. The second kappa shape index (κ2) is 10.9. The molecule has 0 bridgehead atoms. The summed E-state index contributed by atoms with van der Waals surface area (Å²) in [6.07, 6.45) is 0. The van der Waals surface area contributed by atoms with Crippen molar-refractivity contribution in [2.75, 3.05) is 32.7 Å². The first-order chi connectivity index (χ1) is 16.2. The molecular formula is C23H24N4O6S. The number of nitro benzene ring substituents is 1. The molecule has 1 heterocycles. The Morgan fingerprint density at radius 1 is 1.21 bits per heavy atom. The smallest absolute Gasteiger partial charge is 0.338 e. The van der Waals surface area contributed by atoms with Crippen molar-refractivity contribution in [3.8, 4) is 0 Å². The first kappa shape index (κ1) is 24.8. The van der Waals surface area contributed by atoms with E-state index in [1.165, 1.54) is 31.4 Å². The van der Waals surface area contributed by atoms with Gasteiger partial charge in [-0.1, -0.05) is 18.2 Å². The third-order valence-electron chi connectivity index (χ3n) is 5.32. The predicted octanol–water partition coefficient (Wildman–Crippen LogP) is 3.17. The lowest BCUT2D eigenvalue weighted by molar-refractivity contribution is -0.384. The zero-order valence-corrected chi connectivity index (χ0v) is 19.7. The average molecular weight is 485 g/mol. The van der Waals surface area contributed by atoms with E-state index in [9.17, 15) is 19.7 Å². The molecule has 2 N–H and O–H groups in total. The van der Waals surface area contributed by atoms with E-state index in [4.69, 9.17) is 21.7 Å². The standard InChI is InChI=1S/C23H24N4O6S/c1-14-19(22(29)33-12-11-32-3)20(25-23(34)26(14)2)15-7-9-17(10-8-15)24-21(28)16-5-4-6-18(13-16)27(30)31/h4-10,13,20H,11-12H2,1-3H3,(H,24,28)(H,25,34). The quantitative estimate of drug-likeness (QED) is 0.191. The Morgan fingerprint density at radius 2 is 1.91 bits per heavy atom. The van der Waals surface area contributed by atoms with E-state index in [0.29, 0.717) is 22.1 Å². The lowest BCUT2D eigenvalue weighted by Gasteiger charge is -2.35. The van der Waals surface area contributed by atoms with Crippen LogP contribution in [0.1, 0.15) is 28.9 Å². The number of esters is 1. The molecule has 0 saturated heterocycles. The van der Waals surface area contributed by atoms with Crippen molar-refractivity contribution in [3.63, 3.8) is 0 Å². The van der Waals surface area contributed by atoms with Crippen molar-refractivity contribution in [2.24, 2.45) is 0 Å². The minimum atomic E-state index is -0.558. The fraction of sp³-hybridized carbons (Fsp3) is 0.261. The molecule has 1 amide bonds. The molecule has 0 aliphatic carbocycles. The summed E-state index contributed by atoms with van der Waals surface area (Å²) < 4.78 is 10.3. The zero-order valence-electron chi connectivity index (χ0n) is 18.9. The van der Waals surface area contributed by atoms with Gasteiger partial charge in [0.15, 0.2) is 5.11 Å². The molecule has 0 spiro atoms. The third kappa shape index (κ3) is 5.56. The maximum atomic E-state index is 12.8. The fourth-order valence-electron chi connectivity index (χ4n) is 3.37. The van der Waals surface area contributed by atoms with Gasteiger partial charge in [0.1, 0.15) is 6.61 Å². The fourth-order valence-corrected chi connectivity index (χ4v) is 3.62. The molecule has 0 aromatic heterocycles. The molecule has 10 nitrogen and oxygen atoms in total. The van der Waals surface area contributed by atoms with Crippen LogP contribution >= 0.6 is 12.2 Å². The van der Waals surface area contributed by atoms with Gasteiger partial charge in [-0.2, -0.15) is 0 Å². The molecule has 1 aliphatic heterocycles. The Morgan fingerprint density at radius 3 is 2.56 bits per heavy atom. The summed E-state index contributed by atoms with van der Waals surface area (Å²) in [5, 5.41) is 17.3. The van der Waals surface area contributed by atoms with Crippen LogP contribution in [-0.4, -0.2) is 54.2 Å². The highest BCUT2D eigenvalue weighted by atomic mass is 32.1. The number of carbonyl (C=O) groups is 2. The van der Waals surface area contributed by atoms with Crippen molar-refractivity contribution < 1.29 is 24.0 Å². The normalized spacial score (nSPS) is 15.6. The molecule has 0 fully saturated rings. The van der Waals surface area contributed by atoms with Crippen LogP contribution in [0.3, 0.4) is 0 Å². The van der Waals surface area contributed by atoms with Crippen LogP contribution in [0.5, 0.6) is 0 Å². The van der Waals surface area contributed by atoms with Crippen LogP contribution in [0.15, 0.2) is 59.8 Å². The number of ether oxygens (including phenoxy) is 2. The van der Waals surface area contributed by atoms with Gasteiger partial charge in [0.25, 0.3) is 11.6 Å². The zero-order chi connectivity index (χ0) is 24.8. The second-order valence-electron chi connectivity index (χ2n) is 7.45. The molecule has 3 rings (SSSR count). The van der Waals surface area contributed by atoms with Gasteiger partial charge >= 0.3 is 5.97 Å². The largest absolute Gasteiger partial charge is 0.460 e. The van der Waals surface area contributed by atoms with E-state index in [1.54, 1.807) is 43.1 Å². The first-order valence-electron chi connectivity index (χ1n) is 10.3. The van der Waals surface area contributed by atoms with Gasteiger partial charge in [0, 0.05) is 43.2 Å². The highest BCUT2D eigenvalue weighted by Gasteiger charge is 2.33. The van der Waals surface area contributed by atoms with Gasteiger partial charge in [0.2, 0.25) is 0 Å². The number of nitrogens with zero attached hydrogens (tertiary/aromatic N) is 2. The lowest BCUT2D eigenvalue weighted by atomic mass is 9.95. The Bertz CT molecular complexity index is 1150. The Labute approximate surface area is 201 Å². The van der Waals surface area contributed by atoms with Gasteiger partial charge in [-0.25, -0.2) is 4.79 Å². The summed E-state index contributed by atoms with van der Waals surface area (Å²) in [7, 11) is 3.28. The van der Waals surface area contributed by atoms with Crippen LogP contribution in [-0.2, 0) is 14.3 Å². The number of allylic oxidation sites excluding steroid dienone is 1. The minimum absolute atomic E-state index is 0.121. The number of nitrogens with one attached hydrogen (secondary N) is 2. The highest BCUT2D eigenvalue weighted by molar-refractivity contribution is 7.80. The molecule has 0 saturated carbocycles. The summed E-state index contributed by atoms with van der Waals surface area (Å²) in [4.78, 5) is 37.4. The Kier molecular flexibility index (Phi) is 7.92. The number of thiocarbonyl (C=S) groups is 1. The van der Waals surface area contributed by atoms with Crippen molar-refractivity contribution in [1.29, 1.82) is 0 Å². The van der Waals surface area contributed by atoms with Gasteiger partial charge in [-0.15, -0.1) is 0 Å². The van der Waals surface area contributed by atoms with E-state index >= 15 is 0 Å². The van der Waals surface area contributed by atoms with Crippen LogP contribution in [0.4, 0.5) is 11.4 Å². The average Bonchev–Trinajstić information content (AvgIpc) is 2.83. The summed E-state index contributed by atoms with van der Waals surface area (Å²) >= 11 is 5.40. The van der Waals surface area contributed by atoms with Crippen LogP contribution in [0, 0.1) is 10.1 Å². The number of hydrogen-bond acceptors (Lipinski definition) is 7. The molecule has 178 valence electrons. The maximum Gasteiger partial charge on any atom is 0.338 e. The number of hydrogen-bond donors (Lipinski definition) is 2. The van der Waals surface area contributed by atoms with E-state index in [1.807, 2.05) is 0 Å². The predicted molar refractivity (Wildman–Crippen MR) is 129 cm³/mol. The lowest BCUT2D eigenvalue weighted by Crippen LogP contribution is -2.46. The molecule has 2 aromatic rings. The van der Waals surface area contributed by atoms with E-state index in [-0.39, 0.29) is 24.5 Å². The molecule has 1 unspecified atom stereocenters. The monoisotopic (exact) mass is 484 g/mol. The molecule has 34 heavy (non-hydrogen) atoms. The van der Waals surface area contributed by atoms with Gasteiger partial charge in [0.05, 0.1) is 23.1 Å². The van der Waals surface area contributed by atoms with Gasteiger partial charge < -0.3 is 25.0 Å². The summed E-state index contributed by atoms with van der Waals surface area (Å²) in [5.41, 5.74) is 2.31. The van der Waals surface area contributed by atoms with E-state index < -0.39 is 22.8 Å². The first-order valence-corrected chi connectivity index (χ1v) is 10.7. The van der Waals surface area contributed by atoms with Crippen molar-refractivity contribution in [3.05, 3.63) is 81.0 Å². The number of amides is 1. The summed E-state index contributed by atoms with van der Waals surface area (Å²) in [6.45, 7) is 2.19. The van der Waals surface area contributed by atoms with Crippen LogP contribution < -0.4 is 10.6 Å². The SMILES string of the molecule is COCCOC(=O)C1=C(C)N(C)C(=S)NC1c1ccc(NC(=O)c2cccc([N+](=O)[O-])c2)cc1. The number of non-ortho nitro benzene ring substituents is 1. The Hall–Kier alpha value is -3.83. The van der Waals surface area contributed by atoms with Gasteiger partial charge in [-0.3, -0.25) is 14.9 Å². The number of benzene rings is 2. The summed E-state index contributed by atoms with van der Waals surface area (Å²) in [5.74, 6) is -0.961. The molecule has 1 atom stereocenters. The maximum absolute atomic E-state index is 12.8. The van der Waals surface area contributed by atoms with Crippen molar-refractivity contribution >= 4 is 40.6 Å². The van der Waals surface area contributed by atoms with Gasteiger partial charge in [-0.05, 0) is 42.9 Å². The topological polar surface area (TPSA) is 123 Å². The molecule has 0 radical (unpaired) electrons. The van der Waals surface area contributed by atoms with E-state index in [0.717, 1.165) is 5.56 Å². The number of anilines is 1. The minimum Gasteiger partial charge on any atom is -0.460 e. The van der Waals surface area contributed by atoms with Crippen LogP contribution in [0.25, 0.3) is 0 Å². The number of nitro groups is 1. The third-order valence-corrected chi connectivity index (χ3v) is 5.71. The van der Waals surface area contributed by atoms with Crippen molar-refractivity contribution in [1.82, 2.24) is 10.2 Å². The van der Waals surface area contributed by atoms with Crippen molar-refractivity contribution in [2.45, 2.75) is 13.0 Å². The number of carbonyl (C=O) groups excluding carboxylic acids is 2. The Balaban J connectivity index is 1.80. The molecule has 11 heteroatoms. The number of rotatable bonds is 8. The summed E-state index contributed by atoms with van der Waals surface area (Å²) in [6, 6.07) is 11.8. The molecule has 1 aliphatic rings. The van der Waals surface area contributed by atoms with Crippen LogP contribution in [0.2, 0.25) is 0 Å². The van der Waals surface area contributed by atoms with E-state index in [2.05, 4.69) is 10.6 Å². The molecular weight excluding hydrogens is 460 g/mol. The second-order valence-corrected chi connectivity index (χ2v) is 7.84. The molecule has 2 aromatic carbocycles. The number of methoxy groups -OCH3 is 1.